The van der Waals surface area contributed by atoms with Crippen LogP contribution in [0, 0.1) is 6.92 Å². The number of hydrogen-bond donors (Lipinski definition) is 2. The molecule has 0 saturated carbocycles. The van der Waals surface area contributed by atoms with Crippen molar-refractivity contribution in [2.24, 2.45) is 0 Å². The van der Waals surface area contributed by atoms with Crippen LogP contribution in [0.5, 0.6) is 0 Å². The summed E-state index contributed by atoms with van der Waals surface area (Å²) in [5.41, 5.74) is 1.58. The fourth-order valence-electron chi connectivity index (χ4n) is 2.60. The summed E-state index contributed by atoms with van der Waals surface area (Å²) in [6.07, 6.45) is 0.376. The second kappa shape index (κ2) is 10.2. The van der Waals surface area contributed by atoms with E-state index >= 15 is 0 Å². The zero-order chi connectivity index (χ0) is 21.6. The van der Waals surface area contributed by atoms with Crippen molar-refractivity contribution in [1.82, 2.24) is 14.9 Å². The molecule has 2 aromatic carbocycles. The predicted octanol–water partition coefficient (Wildman–Crippen LogP) is 3.73. The lowest BCUT2D eigenvalue weighted by molar-refractivity contribution is 0.102. The molecule has 1 amide bonds. The Hall–Kier alpha value is -2.27. The summed E-state index contributed by atoms with van der Waals surface area (Å²) in [6.45, 7) is 4.12. The molecule has 0 atom stereocenters. The van der Waals surface area contributed by atoms with Crippen molar-refractivity contribution in [2.75, 3.05) is 17.6 Å². The molecule has 1 heterocycles. The van der Waals surface area contributed by atoms with Crippen molar-refractivity contribution in [2.45, 2.75) is 30.1 Å². The molecule has 3 aromatic rings. The van der Waals surface area contributed by atoms with E-state index in [2.05, 4.69) is 20.2 Å². The Balaban J connectivity index is 1.56. The van der Waals surface area contributed by atoms with E-state index in [1.54, 1.807) is 42.1 Å². The highest BCUT2D eigenvalue weighted by Crippen LogP contribution is 2.24. The largest absolute Gasteiger partial charge is 0.296 e. The maximum absolute atomic E-state index is 12.6. The van der Waals surface area contributed by atoms with Crippen LogP contribution in [0.4, 0.5) is 5.13 Å². The maximum Gasteiger partial charge on any atom is 0.258 e. The molecule has 30 heavy (non-hydrogen) atoms. The molecule has 0 aliphatic carbocycles. The van der Waals surface area contributed by atoms with Crippen molar-refractivity contribution in [1.29, 1.82) is 0 Å². The summed E-state index contributed by atoms with van der Waals surface area (Å²) < 4.78 is 27.2. The zero-order valence-corrected chi connectivity index (χ0v) is 19.0. The van der Waals surface area contributed by atoms with Crippen LogP contribution in [0.2, 0.25) is 0 Å². The van der Waals surface area contributed by atoms with Gasteiger partial charge in [-0.15, -0.1) is 22.0 Å². The average molecular weight is 463 g/mol. The minimum atomic E-state index is -3.57. The Morgan fingerprint density at radius 1 is 1.10 bits per heavy atom. The topological polar surface area (TPSA) is 101 Å². The first kappa shape index (κ1) is 22.4. The summed E-state index contributed by atoms with van der Waals surface area (Å²) in [4.78, 5) is 13.7. The first-order valence-electron chi connectivity index (χ1n) is 9.31. The van der Waals surface area contributed by atoms with Crippen LogP contribution < -0.4 is 10.0 Å². The molecule has 2 N–H and O–H groups in total. The van der Waals surface area contributed by atoms with E-state index in [0.29, 0.717) is 22.1 Å². The molecule has 0 aliphatic heterocycles. The van der Waals surface area contributed by atoms with Gasteiger partial charge in [-0.2, -0.15) is 0 Å². The summed E-state index contributed by atoms with van der Waals surface area (Å²) in [7, 11) is -3.57. The number of aryl methyl sites for hydroxylation is 1. The molecule has 0 fully saturated rings. The molecule has 0 unspecified atom stereocenters. The smallest absolute Gasteiger partial charge is 0.258 e. The van der Waals surface area contributed by atoms with Gasteiger partial charge >= 0.3 is 0 Å². The van der Waals surface area contributed by atoms with Crippen molar-refractivity contribution in [3.63, 3.8) is 0 Å². The zero-order valence-electron chi connectivity index (χ0n) is 16.6. The molecule has 0 saturated heterocycles. The highest BCUT2D eigenvalue weighted by Gasteiger charge is 2.15. The molecule has 7 nitrogen and oxygen atoms in total. The lowest BCUT2D eigenvalue weighted by Gasteiger charge is -2.07. The fraction of sp³-hybridized carbons (Fsp3) is 0.250. The Kier molecular flexibility index (Phi) is 7.59. The van der Waals surface area contributed by atoms with Crippen LogP contribution in [-0.2, 0) is 16.4 Å². The number of thioether (sulfide) groups is 1. The van der Waals surface area contributed by atoms with Crippen LogP contribution in [0.15, 0.2) is 58.3 Å². The monoisotopic (exact) mass is 462 g/mol. The molecule has 158 valence electrons. The van der Waals surface area contributed by atoms with Gasteiger partial charge in [0.05, 0.1) is 10.5 Å². The van der Waals surface area contributed by atoms with Crippen LogP contribution in [-0.4, -0.2) is 36.8 Å². The van der Waals surface area contributed by atoms with E-state index < -0.39 is 10.0 Å². The number of aromatic nitrogens is 2. The Bertz CT molecular complexity index is 1110. The van der Waals surface area contributed by atoms with Gasteiger partial charge in [0, 0.05) is 17.9 Å². The number of anilines is 1. The van der Waals surface area contributed by atoms with Crippen molar-refractivity contribution in [3.05, 3.63) is 64.7 Å². The molecule has 0 spiro atoms. The van der Waals surface area contributed by atoms with Gasteiger partial charge in [0.1, 0.15) is 5.01 Å². The maximum atomic E-state index is 12.6. The average Bonchev–Trinajstić information content (AvgIpc) is 3.16. The summed E-state index contributed by atoms with van der Waals surface area (Å²) >= 11 is 2.83. The van der Waals surface area contributed by atoms with E-state index in [9.17, 15) is 13.2 Å². The highest BCUT2D eigenvalue weighted by atomic mass is 32.2. The van der Waals surface area contributed by atoms with Crippen molar-refractivity contribution < 1.29 is 13.2 Å². The highest BCUT2D eigenvalue weighted by molar-refractivity contribution is 7.99. The SMILES string of the molecule is CCSc1ccccc1C(=O)Nc1nnc(CCNS(=O)(=O)c2ccc(C)cc2)s1. The van der Waals surface area contributed by atoms with Gasteiger partial charge in [-0.3, -0.25) is 10.1 Å². The van der Waals surface area contributed by atoms with Crippen LogP contribution in [0.25, 0.3) is 0 Å². The standard InChI is InChI=1S/C20H22N4O3S3/c1-3-28-17-7-5-4-6-16(17)19(25)22-20-24-23-18(29-20)12-13-21-30(26,27)15-10-8-14(2)9-11-15/h4-11,21H,3,12-13H2,1-2H3,(H,22,24,25). The third kappa shape index (κ3) is 5.88. The molecule has 0 radical (unpaired) electrons. The van der Waals surface area contributed by atoms with Crippen LogP contribution >= 0.6 is 23.1 Å². The molecular weight excluding hydrogens is 440 g/mol. The van der Waals surface area contributed by atoms with Gasteiger partial charge < -0.3 is 0 Å². The number of amides is 1. The number of sulfonamides is 1. The molecule has 10 heteroatoms. The molecule has 0 bridgehead atoms. The molecule has 0 aliphatic rings. The molecule has 1 aromatic heterocycles. The lowest BCUT2D eigenvalue weighted by atomic mass is 10.2. The van der Waals surface area contributed by atoms with E-state index in [1.807, 2.05) is 32.0 Å². The summed E-state index contributed by atoms with van der Waals surface area (Å²) in [5, 5.41) is 11.8. The summed E-state index contributed by atoms with van der Waals surface area (Å²) in [6, 6.07) is 14.1. The number of carbonyl (C=O) groups excluding carboxylic acids is 1. The number of nitrogens with one attached hydrogen (secondary N) is 2. The second-order valence-electron chi connectivity index (χ2n) is 6.35. The quantitative estimate of drug-likeness (QED) is 0.470. The number of hydrogen-bond acceptors (Lipinski definition) is 7. The first-order valence-corrected chi connectivity index (χ1v) is 12.6. The first-order chi connectivity index (χ1) is 14.4. The van der Waals surface area contributed by atoms with E-state index in [0.717, 1.165) is 16.2 Å². The Labute approximate surface area is 184 Å². The third-order valence-electron chi connectivity index (χ3n) is 4.08. The normalized spacial score (nSPS) is 11.4. The molecule has 3 rings (SSSR count). The summed E-state index contributed by atoms with van der Waals surface area (Å²) in [5.74, 6) is 0.625. The number of benzene rings is 2. The van der Waals surface area contributed by atoms with Gasteiger partial charge in [-0.1, -0.05) is 48.1 Å². The van der Waals surface area contributed by atoms with E-state index in [4.69, 9.17) is 0 Å². The predicted molar refractivity (Wildman–Crippen MR) is 121 cm³/mol. The number of nitrogens with zero attached hydrogens (tertiary/aromatic N) is 2. The van der Waals surface area contributed by atoms with Gasteiger partial charge in [-0.05, 0) is 36.9 Å². The minimum absolute atomic E-state index is 0.189. The number of rotatable bonds is 9. The van der Waals surface area contributed by atoms with E-state index in [-0.39, 0.29) is 17.3 Å². The van der Waals surface area contributed by atoms with Crippen LogP contribution in [0.3, 0.4) is 0 Å². The fourth-order valence-corrected chi connectivity index (χ4v) is 5.17. The molecular formula is C20H22N4O3S3. The third-order valence-corrected chi connectivity index (χ3v) is 7.41. The number of carbonyl (C=O) groups is 1. The lowest BCUT2D eigenvalue weighted by Crippen LogP contribution is -2.25. The van der Waals surface area contributed by atoms with Gasteiger partial charge in [-0.25, -0.2) is 13.1 Å². The van der Waals surface area contributed by atoms with Crippen LogP contribution in [0.1, 0.15) is 27.9 Å². The van der Waals surface area contributed by atoms with Gasteiger partial charge in [0.2, 0.25) is 15.2 Å². The Morgan fingerprint density at radius 2 is 1.83 bits per heavy atom. The van der Waals surface area contributed by atoms with Gasteiger partial charge in [0.15, 0.2) is 0 Å². The van der Waals surface area contributed by atoms with Gasteiger partial charge in [0.25, 0.3) is 5.91 Å². The van der Waals surface area contributed by atoms with E-state index in [1.165, 1.54) is 11.3 Å². The van der Waals surface area contributed by atoms with Crippen molar-refractivity contribution >= 4 is 44.2 Å². The minimum Gasteiger partial charge on any atom is -0.296 e. The Morgan fingerprint density at radius 3 is 2.57 bits per heavy atom. The second-order valence-corrected chi connectivity index (χ2v) is 10.5. The van der Waals surface area contributed by atoms with Crippen molar-refractivity contribution in [3.8, 4) is 0 Å².